The third kappa shape index (κ3) is 7.28. The molecule has 9 heteroatoms. The molecular weight excluding hydrogens is 564 g/mol. The third-order valence-electron chi connectivity index (χ3n) is 7.86. The molecule has 0 aliphatic rings. The second kappa shape index (κ2) is 14.4. The Morgan fingerprint density at radius 2 is 1.72 bits per heavy atom. The van der Waals surface area contributed by atoms with Crippen molar-refractivity contribution in [3.8, 4) is 5.75 Å². The van der Waals surface area contributed by atoms with Gasteiger partial charge in [-0.2, -0.15) is 0 Å². The van der Waals surface area contributed by atoms with Crippen LogP contribution in [0.25, 0.3) is 10.9 Å². The van der Waals surface area contributed by atoms with E-state index in [4.69, 9.17) is 9.47 Å². The van der Waals surface area contributed by atoms with Gasteiger partial charge in [-0.3, -0.25) is 9.59 Å². The van der Waals surface area contributed by atoms with E-state index < -0.39 is 26.8 Å². The lowest BCUT2D eigenvalue weighted by Crippen LogP contribution is -2.39. The fourth-order valence-electron chi connectivity index (χ4n) is 5.23. The van der Waals surface area contributed by atoms with Gasteiger partial charge in [0.15, 0.2) is 15.6 Å². The van der Waals surface area contributed by atoms with E-state index in [0.29, 0.717) is 18.2 Å². The Hall–Kier alpha value is -4.11. The number of ether oxygens (including phenoxy) is 2. The average molecular weight is 605 g/mol. The molecule has 8 nitrogen and oxygen atoms in total. The number of sulfone groups is 1. The van der Waals surface area contributed by atoms with Crippen molar-refractivity contribution in [3.63, 3.8) is 0 Å². The lowest BCUT2D eigenvalue weighted by molar-refractivity contribution is -0.139. The van der Waals surface area contributed by atoms with Crippen molar-refractivity contribution in [2.45, 2.75) is 56.2 Å². The summed E-state index contributed by atoms with van der Waals surface area (Å²) in [5.74, 6) is -0.985. The first kappa shape index (κ1) is 31.8. The van der Waals surface area contributed by atoms with Crippen molar-refractivity contribution in [1.29, 1.82) is 0 Å². The van der Waals surface area contributed by atoms with Gasteiger partial charge in [-0.15, -0.1) is 0 Å². The van der Waals surface area contributed by atoms with Gasteiger partial charge in [0.05, 0.1) is 31.2 Å². The van der Waals surface area contributed by atoms with E-state index in [9.17, 15) is 18.0 Å². The summed E-state index contributed by atoms with van der Waals surface area (Å²) in [4.78, 5) is 26.0. The number of nitrogens with zero attached hydrogens (tertiary/aromatic N) is 1. The summed E-state index contributed by atoms with van der Waals surface area (Å²) in [6.45, 7) is 5.85. The zero-order valence-electron chi connectivity index (χ0n) is 25.2. The van der Waals surface area contributed by atoms with Gasteiger partial charge < -0.3 is 19.4 Å². The van der Waals surface area contributed by atoms with Gasteiger partial charge in [-0.25, -0.2) is 8.42 Å². The van der Waals surface area contributed by atoms with Crippen molar-refractivity contribution < 1.29 is 27.5 Å². The van der Waals surface area contributed by atoms with Crippen molar-refractivity contribution in [2.75, 3.05) is 26.1 Å². The minimum absolute atomic E-state index is 0.0351. The predicted molar refractivity (Wildman–Crippen MR) is 170 cm³/mol. The molecule has 2 atom stereocenters. The van der Waals surface area contributed by atoms with Gasteiger partial charge in [0, 0.05) is 29.6 Å². The van der Waals surface area contributed by atoms with Gasteiger partial charge in [0.2, 0.25) is 5.25 Å². The molecule has 0 spiro atoms. The topological polar surface area (TPSA) is 104 Å². The van der Waals surface area contributed by atoms with E-state index >= 15 is 0 Å². The summed E-state index contributed by atoms with van der Waals surface area (Å²) in [5, 5.41) is 2.67. The molecule has 3 aromatic carbocycles. The van der Waals surface area contributed by atoms with E-state index in [1.54, 1.807) is 12.1 Å². The van der Waals surface area contributed by atoms with Crippen LogP contribution in [0, 0.1) is 5.92 Å². The minimum Gasteiger partial charge on any atom is -0.496 e. The van der Waals surface area contributed by atoms with Gasteiger partial charge in [-0.05, 0) is 54.1 Å². The van der Waals surface area contributed by atoms with Crippen molar-refractivity contribution in [2.24, 2.45) is 5.92 Å². The number of esters is 1. The van der Waals surface area contributed by atoms with Crippen molar-refractivity contribution in [1.82, 2.24) is 4.57 Å². The van der Waals surface area contributed by atoms with Crippen LogP contribution in [0.1, 0.15) is 55.5 Å². The summed E-state index contributed by atoms with van der Waals surface area (Å²) in [5.41, 5.74) is 2.94. The van der Waals surface area contributed by atoms with E-state index in [1.165, 1.54) is 62.8 Å². The van der Waals surface area contributed by atoms with Gasteiger partial charge >= 0.3 is 5.97 Å². The number of ketones is 1. The molecule has 2 unspecified atom stereocenters. The molecule has 4 aromatic rings. The van der Waals surface area contributed by atoms with Crippen LogP contribution in [0.4, 0.5) is 5.69 Å². The second-order valence-electron chi connectivity index (χ2n) is 10.7. The lowest BCUT2D eigenvalue weighted by Gasteiger charge is -2.17. The van der Waals surface area contributed by atoms with Gasteiger partial charge in [0.25, 0.3) is 0 Å². The first-order valence-electron chi connectivity index (χ1n) is 14.6. The highest BCUT2D eigenvalue weighted by molar-refractivity contribution is 7.93. The Kier molecular flexibility index (Phi) is 10.6. The number of unbranched alkanes of at least 4 members (excludes halogenated alkanes) is 1. The number of fused-ring (bicyclic) bond motifs is 1. The number of carbonyl (C=O) groups excluding carboxylic acids is 2. The zero-order valence-corrected chi connectivity index (χ0v) is 26.0. The molecule has 228 valence electrons. The standard InChI is InChI=1S/C34H40N2O6S/c1-5-7-11-24(6-2)22-35-28-17-16-25-18-19-36(30(25)21-28)23-27-15-14-26(20-31(27)41-3)32(37)33(34(38)42-4)43(39,40)29-12-9-8-10-13-29/h8-10,12-21,24,33,35H,5-7,11,22-23H2,1-4H3. The number of carbonyl (C=O) groups is 2. The molecule has 1 heterocycles. The number of rotatable bonds is 15. The van der Waals surface area contributed by atoms with Crippen molar-refractivity contribution in [3.05, 3.63) is 90.1 Å². The SMILES string of the molecule is CCCCC(CC)CNc1ccc2ccn(Cc3ccc(C(=O)C(C(=O)OC)S(=O)(=O)c4ccccc4)cc3OC)c2c1. The van der Waals surface area contributed by atoms with Crippen LogP contribution < -0.4 is 10.1 Å². The van der Waals surface area contributed by atoms with E-state index in [2.05, 4.69) is 48.0 Å². The molecular formula is C34H40N2O6S. The predicted octanol–water partition coefficient (Wildman–Crippen LogP) is 6.52. The first-order chi connectivity index (χ1) is 20.7. The van der Waals surface area contributed by atoms with Crippen LogP contribution >= 0.6 is 0 Å². The number of hydrogen-bond donors (Lipinski definition) is 1. The van der Waals surface area contributed by atoms with E-state index in [0.717, 1.165) is 42.2 Å². The lowest BCUT2D eigenvalue weighted by atomic mass is 9.99. The largest absolute Gasteiger partial charge is 0.496 e. The average Bonchev–Trinajstić information content (AvgIpc) is 3.43. The third-order valence-corrected chi connectivity index (χ3v) is 9.82. The zero-order chi connectivity index (χ0) is 31.0. The molecule has 4 rings (SSSR count). The normalized spacial score (nSPS) is 12.9. The highest BCUT2D eigenvalue weighted by atomic mass is 32.2. The van der Waals surface area contributed by atoms with Crippen LogP contribution in [0.5, 0.6) is 5.75 Å². The van der Waals surface area contributed by atoms with Crippen LogP contribution in [0.15, 0.2) is 83.9 Å². The molecule has 0 radical (unpaired) electrons. The maximum Gasteiger partial charge on any atom is 0.332 e. The van der Waals surface area contributed by atoms with Crippen molar-refractivity contribution >= 4 is 38.2 Å². The number of methoxy groups -OCH3 is 2. The fourth-order valence-corrected chi connectivity index (χ4v) is 6.80. The minimum atomic E-state index is -4.35. The molecule has 1 N–H and O–H groups in total. The van der Waals surface area contributed by atoms with Crippen LogP contribution in [-0.2, 0) is 25.9 Å². The van der Waals surface area contributed by atoms with E-state index in [-0.39, 0.29) is 10.5 Å². The number of benzene rings is 3. The Bertz CT molecular complexity index is 1660. The smallest absolute Gasteiger partial charge is 0.332 e. The number of hydrogen-bond acceptors (Lipinski definition) is 7. The number of Topliss-reactive ketones (excluding diaryl/α,β-unsaturated/α-hetero) is 1. The Balaban J connectivity index is 1.59. The highest BCUT2D eigenvalue weighted by Gasteiger charge is 2.42. The molecule has 0 fully saturated rings. The summed E-state index contributed by atoms with van der Waals surface area (Å²) in [6.07, 6.45) is 6.80. The summed E-state index contributed by atoms with van der Waals surface area (Å²) in [7, 11) is -1.80. The summed E-state index contributed by atoms with van der Waals surface area (Å²) in [6, 6.07) is 20.5. The fraction of sp³-hybridized carbons (Fsp3) is 0.353. The maximum absolute atomic E-state index is 13.5. The second-order valence-corrected chi connectivity index (χ2v) is 12.7. The van der Waals surface area contributed by atoms with Crippen LogP contribution in [0.3, 0.4) is 0 Å². The molecule has 0 saturated carbocycles. The number of aromatic nitrogens is 1. The summed E-state index contributed by atoms with van der Waals surface area (Å²) >= 11 is 0. The molecule has 0 saturated heterocycles. The van der Waals surface area contributed by atoms with Crippen LogP contribution in [0.2, 0.25) is 0 Å². The molecule has 0 bridgehead atoms. The Morgan fingerprint density at radius 3 is 2.40 bits per heavy atom. The Labute approximate surface area is 253 Å². The highest BCUT2D eigenvalue weighted by Crippen LogP contribution is 2.28. The van der Waals surface area contributed by atoms with Gasteiger partial charge in [0.1, 0.15) is 5.75 Å². The monoisotopic (exact) mass is 604 g/mol. The Morgan fingerprint density at radius 1 is 0.953 bits per heavy atom. The van der Waals surface area contributed by atoms with Gasteiger partial charge in [-0.1, -0.05) is 69.5 Å². The molecule has 1 aromatic heterocycles. The number of anilines is 1. The summed E-state index contributed by atoms with van der Waals surface area (Å²) < 4.78 is 39.1. The first-order valence-corrected chi connectivity index (χ1v) is 16.2. The van der Waals surface area contributed by atoms with E-state index in [1.807, 2.05) is 6.20 Å². The molecule has 0 amide bonds. The molecule has 0 aliphatic carbocycles. The number of nitrogens with one attached hydrogen (secondary N) is 1. The molecule has 0 aliphatic heterocycles. The van der Waals surface area contributed by atoms with Crippen LogP contribution in [-0.4, -0.2) is 50.8 Å². The maximum atomic E-state index is 13.5. The molecule has 43 heavy (non-hydrogen) atoms. The quantitative estimate of drug-likeness (QED) is 0.0935.